The normalized spacial score (nSPS) is 13.6. The standard InChI is InChI=1S/C31H23F3N6O2/c1-18-16-40(17-36-18)25-11-19(10-20(12-25)31(32,33)34)29(41)38-23-5-2-4-22(13-23)37-24-7-8-28-26(15-24)27(30(42)39-28)14-21-6-3-9-35-21/h2-17,35,37H,1H3,(H,38,41)(H,39,42). The molecule has 0 bridgehead atoms. The summed E-state index contributed by atoms with van der Waals surface area (Å²) in [6.07, 6.45) is 1.88. The van der Waals surface area contributed by atoms with E-state index in [2.05, 4.69) is 25.9 Å². The summed E-state index contributed by atoms with van der Waals surface area (Å²) in [6, 6.07) is 19.1. The first-order valence-electron chi connectivity index (χ1n) is 12.8. The van der Waals surface area contributed by atoms with Gasteiger partial charge >= 0.3 is 6.18 Å². The van der Waals surface area contributed by atoms with Gasteiger partial charge in [0.05, 0.1) is 23.2 Å². The number of imidazole rings is 1. The lowest BCUT2D eigenvalue weighted by Crippen LogP contribution is -2.15. The molecule has 3 heterocycles. The summed E-state index contributed by atoms with van der Waals surface area (Å²) in [5, 5.41) is 8.80. The minimum atomic E-state index is -4.64. The van der Waals surface area contributed by atoms with Crippen molar-refractivity contribution < 1.29 is 22.8 Å². The molecule has 0 fully saturated rings. The molecule has 2 amide bonds. The van der Waals surface area contributed by atoms with Gasteiger partial charge in [0, 0.05) is 57.7 Å². The van der Waals surface area contributed by atoms with E-state index in [4.69, 9.17) is 0 Å². The second-order valence-electron chi connectivity index (χ2n) is 9.75. The molecule has 8 nitrogen and oxygen atoms in total. The number of aromatic amines is 1. The van der Waals surface area contributed by atoms with Gasteiger partial charge in [0.1, 0.15) is 0 Å². The number of aryl methyl sites for hydroxylation is 1. The number of amides is 2. The van der Waals surface area contributed by atoms with E-state index in [1.54, 1.807) is 55.7 Å². The van der Waals surface area contributed by atoms with E-state index < -0.39 is 17.6 Å². The van der Waals surface area contributed by atoms with Crippen molar-refractivity contribution in [1.29, 1.82) is 0 Å². The lowest BCUT2D eigenvalue weighted by molar-refractivity contribution is -0.137. The Morgan fingerprint density at radius 2 is 1.79 bits per heavy atom. The summed E-state index contributed by atoms with van der Waals surface area (Å²) in [5.74, 6) is -0.903. The lowest BCUT2D eigenvalue weighted by atomic mass is 10.0. The Morgan fingerprint density at radius 3 is 2.52 bits per heavy atom. The Kier molecular flexibility index (Phi) is 6.62. The summed E-state index contributed by atoms with van der Waals surface area (Å²) >= 11 is 0. The molecule has 0 saturated carbocycles. The zero-order valence-corrected chi connectivity index (χ0v) is 22.1. The Morgan fingerprint density at radius 1 is 0.976 bits per heavy atom. The van der Waals surface area contributed by atoms with E-state index in [0.717, 1.165) is 23.4 Å². The smallest absolute Gasteiger partial charge is 0.362 e. The van der Waals surface area contributed by atoms with Crippen molar-refractivity contribution in [1.82, 2.24) is 14.5 Å². The zero-order chi connectivity index (χ0) is 29.4. The van der Waals surface area contributed by atoms with Crippen molar-refractivity contribution >= 4 is 46.2 Å². The first kappa shape index (κ1) is 26.6. The van der Waals surface area contributed by atoms with Crippen molar-refractivity contribution in [3.05, 3.63) is 120 Å². The number of rotatable bonds is 6. The van der Waals surface area contributed by atoms with E-state index in [1.807, 2.05) is 24.3 Å². The molecule has 0 atom stereocenters. The van der Waals surface area contributed by atoms with Crippen LogP contribution in [0.15, 0.2) is 91.5 Å². The highest BCUT2D eigenvalue weighted by molar-refractivity contribution is 6.35. The van der Waals surface area contributed by atoms with Crippen LogP contribution in [0.5, 0.6) is 0 Å². The Bertz CT molecular complexity index is 1850. The van der Waals surface area contributed by atoms with Gasteiger partial charge in [0.2, 0.25) is 0 Å². The number of carbonyl (C=O) groups is 2. The van der Waals surface area contributed by atoms with Crippen molar-refractivity contribution in [3.8, 4) is 5.69 Å². The van der Waals surface area contributed by atoms with Crippen LogP contribution >= 0.6 is 0 Å². The molecule has 0 aliphatic carbocycles. The van der Waals surface area contributed by atoms with Crippen molar-refractivity contribution in [2.45, 2.75) is 13.1 Å². The minimum absolute atomic E-state index is 0.151. The molecule has 0 spiro atoms. The average molecular weight is 569 g/mol. The third-order valence-corrected chi connectivity index (χ3v) is 6.65. The van der Waals surface area contributed by atoms with Crippen molar-refractivity contribution in [2.75, 3.05) is 16.0 Å². The molecule has 2 aromatic heterocycles. The molecule has 6 rings (SSSR count). The predicted molar refractivity (Wildman–Crippen MR) is 155 cm³/mol. The second-order valence-corrected chi connectivity index (χ2v) is 9.75. The van der Waals surface area contributed by atoms with Crippen LogP contribution in [-0.4, -0.2) is 26.3 Å². The van der Waals surface area contributed by atoms with Crippen LogP contribution in [0.1, 0.15) is 32.9 Å². The second kappa shape index (κ2) is 10.4. The number of nitrogens with zero attached hydrogens (tertiary/aromatic N) is 2. The summed E-state index contributed by atoms with van der Waals surface area (Å²) in [6.45, 7) is 1.72. The number of hydrogen-bond donors (Lipinski definition) is 4. The van der Waals surface area contributed by atoms with E-state index in [-0.39, 0.29) is 17.2 Å². The van der Waals surface area contributed by atoms with Gasteiger partial charge < -0.3 is 25.5 Å². The Hall–Kier alpha value is -5.58. The van der Waals surface area contributed by atoms with Gasteiger partial charge in [-0.1, -0.05) is 6.07 Å². The van der Waals surface area contributed by atoms with Crippen LogP contribution in [0.25, 0.3) is 17.3 Å². The Balaban J connectivity index is 1.23. The van der Waals surface area contributed by atoms with Gasteiger partial charge in [-0.15, -0.1) is 0 Å². The number of alkyl halides is 3. The first-order valence-corrected chi connectivity index (χ1v) is 12.8. The number of benzene rings is 3. The number of anilines is 4. The number of aromatic nitrogens is 3. The molecule has 0 saturated heterocycles. The van der Waals surface area contributed by atoms with Gasteiger partial charge in [-0.25, -0.2) is 4.98 Å². The number of halogens is 3. The molecule has 1 aliphatic heterocycles. The maximum atomic E-state index is 13.6. The maximum absolute atomic E-state index is 13.6. The van der Waals surface area contributed by atoms with Gasteiger partial charge in [-0.05, 0) is 79.7 Å². The topological polar surface area (TPSA) is 104 Å². The molecule has 4 N–H and O–H groups in total. The van der Waals surface area contributed by atoms with Crippen molar-refractivity contribution in [3.63, 3.8) is 0 Å². The summed E-state index contributed by atoms with van der Waals surface area (Å²) < 4.78 is 42.4. The predicted octanol–water partition coefficient (Wildman–Crippen LogP) is 7.02. The monoisotopic (exact) mass is 568 g/mol. The molecule has 5 aromatic rings. The minimum Gasteiger partial charge on any atom is -0.362 e. The molecule has 0 unspecified atom stereocenters. The quantitative estimate of drug-likeness (QED) is 0.165. The first-order chi connectivity index (χ1) is 20.1. The van der Waals surface area contributed by atoms with Gasteiger partial charge in [0.25, 0.3) is 11.8 Å². The van der Waals surface area contributed by atoms with Gasteiger partial charge in [-0.3, -0.25) is 9.59 Å². The molecule has 42 heavy (non-hydrogen) atoms. The third kappa shape index (κ3) is 5.52. The van der Waals surface area contributed by atoms with Gasteiger partial charge in [-0.2, -0.15) is 13.2 Å². The number of carbonyl (C=O) groups excluding carboxylic acids is 2. The van der Waals surface area contributed by atoms with Crippen LogP contribution in [0.4, 0.5) is 35.9 Å². The van der Waals surface area contributed by atoms with Crippen LogP contribution < -0.4 is 16.0 Å². The van der Waals surface area contributed by atoms with Crippen LogP contribution in [0.3, 0.4) is 0 Å². The molecular weight excluding hydrogens is 545 g/mol. The van der Waals surface area contributed by atoms with E-state index >= 15 is 0 Å². The molecule has 1 aliphatic rings. The fourth-order valence-corrected chi connectivity index (χ4v) is 4.66. The van der Waals surface area contributed by atoms with Crippen LogP contribution in [-0.2, 0) is 11.0 Å². The molecule has 3 aromatic carbocycles. The van der Waals surface area contributed by atoms with Crippen LogP contribution in [0.2, 0.25) is 0 Å². The zero-order valence-electron chi connectivity index (χ0n) is 22.1. The third-order valence-electron chi connectivity index (χ3n) is 6.65. The maximum Gasteiger partial charge on any atom is 0.416 e. The van der Waals surface area contributed by atoms with E-state index in [9.17, 15) is 22.8 Å². The highest BCUT2D eigenvalue weighted by atomic mass is 19.4. The number of fused-ring (bicyclic) bond motifs is 1. The summed E-state index contributed by atoms with van der Waals surface area (Å²) in [5.41, 5.74) is 4.14. The largest absolute Gasteiger partial charge is 0.416 e. The van der Waals surface area contributed by atoms with E-state index in [1.165, 1.54) is 17.0 Å². The number of H-pyrrole nitrogens is 1. The number of nitrogens with one attached hydrogen (secondary N) is 4. The fourth-order valence-electron chi connectivity index (χ4n) is 4.66. The highest BCUT2D eigenvalue weighted by Gasteiger charge is 2.32. The lowest BCUT2D eigenvalue weighted by Gasteiger charge is -2.14. The van der Waals surface area contributed by atoms with Crippen LogP contribution in [0, 0.1) is 6.92 Å². The molecule has 210 valence electrons. The summed E-state index contributed by atoms with van der Waals surface area (Å²) in [4.78, 5) is 32.8. The molecule has 0 radical (unpaired) electrons. The fraction of sp³-hybridized carbons (Fsp3) is 0.0645. The van der Waals surface area contributed by atoms with Crippen molar-refractivity contribution in [2.24, 2.45) is 0 Å². The molecular formula is C31H23F3N6O2. The van der Waals surface area contributed by atoms with E-state index in [0.29, 0.717) is 34.0 Å². The molecule has 11 heteroatoms. The Labute approximate surface area is 237 Å². The highest BCUT2D eigenvalue weighted by Crippen LogP contribution is 2.36. The average Bonchev–Trinajstić information content (AvgIpc) is 3.70. The SMILES string of the molecule is Cc1cn(-c2cc(C(=O)Nc3cccc(Nc4ccc5c(c4)C(=Cc4ccc[nH]4)C(=O)N5)c3)cc(C(F)(F)F)c2)cn1. The summed E-state index contributed by atoms with van der Waals surface area (Å²) in [7, 11) is 0. The van der Waals surface area contributed by atoms with Gasteiger partial charge in [0.15, 0.2) is 0 Å². The number of hydrogen-bond acceptors (Lipinski definition) is 4.